The number of pyridine rings is 1. The molecule has 3 heterocycles. The number of carbonyl (C=O) groups is 3. The van der Waals surface area contributed by atoms with Gasteiger partial charge in [-0.05, 0) is 56.1 Å². The zero-order valence-electron chi connectivity index (χ0n) is 15.6. The van der Waals surface area contributed by atoms with Gasteiger partial charge in [0.2, 0.25) is 5.91 Å². The second kappa shape index (κ2) is 6.62. The zero-order valence-corrected chi connectivity index (χ0v) is 15.6. The van der Waals surface area contributed by atoms with Gasteiger partial charge >= 0.3 is 5.97 Å². The fraction of sp³-hybridized carbons (Fsp3) is 0.600. The molecule has 144 valence electrons. The number of amides is 2. The number of piperidine rings is 1. The minimum absolute atomic E-state index is 0.00335. The Hall–Kier alpha value is -2.44. The van der Waals surface area contributed by atoms with Crippen LogP contribution in [-0.4, -0.2) is 63.4 Å². The van der Waals surface area contributed by atoms with Gasteiger partial charge in [0.05, 0.1) is 5.56 Å². The average molecular weight is 371 g/mol. The highest BCUT2D eigenvalue weighted by Crippen LogP contribution is 2.45. The molecule has 7 nitrogen and oxygen atoms in total. The van der Waals surface area contributed by atoms with E-state index < -0.39 is 12.0 Å². The van der Waals surface area contributed by atoms with Crippen molar-refractivity contribution in [2.45, 2.75) is 45.1 Å². The summed E-state index contributed by atoms with van der Waals surface area (Å²) in [4.78, 5) is 44.5. The molecule has 4 rings (SSSR count). The maximum absolute atomic E-state index is 12.7. The molecule has 1 atom stereocenters. The molecule has 1 aromatic rings. The largest absolute Gasteiger partial charge is 0.480 e. The molecule has 1 aliphatic carbocycles. The first-order valence-corrected chi connectivity index (χ1v) is 9.63. The minimum Gasteiger partial charge on any atom is -0.480 e. The smallest absolute Gasteiger partial charge is 0.326 e. The van der Waals surface area contributed by atoms with Crippen LogP contribution in [0.4, 0.5) is 0 Å². The van der Waals surface area contributed by atoms with Crippen LogP contribution in [0.5, 0.6) is 0 Å². The Bertz CT molecular complexity index is 781. The summed E-state index contributed by atoms with van der Waals surface area (Å²) in [5.41, 5.74) is 1.35. The van der Waals surface area contributed by atoms with E-state index in [0.29, 0.717) is 31.6 Å². The van der Waals surface area contributed by atoms with Gasteiger partial charge in [0.25, 0.3) is 5.91 Å². The van der Waals surface area contributed by atoms with Crippen LogP contribution in [0.2, 0.25) is 0 Å². The molecular weight excluding hydrogens is 346 g/mol. The highest BCUT2D eigenvalue weighted by atomic mass is 16.4. The lowest BCUT2D eigenvalue weighted by Gasteiger charge is -2.39. The first-order valence-electron chi connectivity index (χ1n) is 9.63. The predicted molar refractivity (Wildman–Crippen MR) is 97.0 cm³/mol. The van der Waals surface area contributed by atoms with Gasteiger partial charge in [-0.15, -0.1) is 0 Å². The van der Waals surface area contributed by atoms with Crippen LogP contribution in [0.25, 0.3) is 0 Å². The van der Waals surface area contributed by atoms with Crippen LogP contribution in [0, 0.1) is 18.3 Å². The van der Waals surface area contributed by atoms with Crippen molar-refractivity contribution in [2.75, 3.05) is 19.6 Å². The van der Waals surface area contributed by atoms with E-state index >= 15 is 0 Å². The summed E-state index contributed by atoms with van der Waals surface area (Å²) in [5.74, 6) is -0.911. The summed E-state index contributed by atoms with van der Waals surface area (Å²) >= 11 is 0. The van der Waals surface area contributed by atoms with Crippen LogP contribution in [0.1, 0.15) is 48.0 Å². The molecule has 1 aromatic heterocycles. The summed E-state index contributed by atoms with van der Waals surface area (Å²) in [6, 6.07) is 1.12. The monoisotopic (exact) mass is 371 g/mol. The third kappa shape index (κ3) is 3.42. The van der Waals surface area contributed by atoms with Gasteiger partial charge in [-0.3, -0.25) is 14.6 Å². The summed E-state index contributed by atoms with van der Waals surface area (Å²) in [5, 5.41) is 9.60. The molecule has 3 aliphatic rings. The van der Waals surface area contributed by atoms with Gasteiger partial charge in [-0.25, -0.2) is 4.79 Å². The van der Waals surface area contributed by atoms with Crippen molar-refractivity contribution in [2.24, 2.45) is 11.3 Å². The number of carboxylic acid groups (broad SMARTS) is 1. The molecule has 3 fully saturated rings. The Morgan fingerprint density at radius 2 is 1.89 bits per heavy atom. The molecular formula is C20H25N3O4. The van der Waals surface area contributed by atoms with E-state index in [1.54, 1.807) is 17.3 Å². The molecule has 2 amide bonds. The summed E-state index contributed by atoms with van der Waals surface area (Å²) in [6.45, 7) is 3.59. The van der Waals surface area contributed by atoms with Gasteiger partial charge in [0.1, 0.15) is 6.04 Å². The topological polar surface area (TPSA) is 90.8 Å². The van der Waals surface area contributed by atoms with Crippen molar-refractivity contribution >= 4 is 17.8 Å². The number of aryl methyl sites for hydroxylation is 1. The average Bonchev–Trinajstić information content (AvgIpc) is 3.43. The summed E-state index contributed by atoms with van der Waals surface area (Å²) in [6.07, 6.45) is 7.02. The summed E-state index contributed by atoms with van der Waals surface area (Å²) < 4.78 is 0. The van der Waals surface area contributed by atoms with Gasteiger partial charge in [-0.2, -0.15) is 0 Å². The molecule has 1 spiro atoms. The van der Waals surface area contributed by atoms with Gasteiger partial charge < -0.3 is 14.9 Å². The maximum Gasteiger partial charge on any atom is 0.326 e. The third-order valence-electron chi connectivity index (χ3n) is 6.24. The number of likely N-dealkylation sites (tertiary alicyclic amines) is 2. The molecule has 0 radical (unpaired) electrons. The molecule has 0 aromatic carbocycles. The number of nitrogens with zero attached hydrogens (tertiary/aromatic N) is 3. The highest BCUT2D eigenvalue weighted by Gasteiger charge is 2.52. The van der Waals surface area contributed by atoms with Crippen molar-refractivity contribution in [1.82, 2.24) is 14.8 Å². The Kier molecular flexibility index (Phi) is 4.40. The Labute approximate surface area is 158 Å². The first kappa shape index (κ1) is 17.9. The molecule has 0 unspecified atom stereocenters. The third-order valence-corrected chi connectivity index (χ3v) is 6.24. The zero-order chi connectivity index (χ0) is 19.2. The van der Waals surface area contributed by atoms with Crippen molar-refractivity contribution in [3.05, 3.63) is 29.6 Å². The standard InChI is InChI=1S/C20H25N3O4/c1-13-8-15(11-21-10-13)17(24)22-6-4-20(5-7-22)9-16(19(26)27)23(12-20)18(25)14-2-3-14/h8,10-11,14,16H,2-7,9,12H2,1H3,(H,26,27)/t16-/m0/s1. The lowest BCUT2D eigenvalue weighted by Crippen LogP contribution is -2.45. The maximum atomic E-state index is 12.7. The normalized spacial score (nSPS) is 24.3. The van der Waals surface area contributed by atoms with E-state index in [1.807, 2.05) is 17.9 Å². The second-order valence-corrected chi connectivity index (χ2v) is 8.34. The quantitative estimate of drug-likeness (QED) is 0.873. The molecule has 7 heteroatoms. The number of carbonyl (C=O) groups excluding carboxylic acids is 2. The Morgan fingerprint density at radius 1 is 1.19 bits per heavy atom. The molecule has 27 heavy (non-hydrogen) atoms. The number of aromatic nitrogens is 1. The van der Waals surface area contributed by atoms with Crippen LogP contribution >= 0.6 is 0 Å². The predicted octanol–water partition coefficient (Wildman–Crippen LogP) is 1.71. The van der Waals surface area contributed by atoms with Crippen molar-refractivity contribution < 1.29 is 19.5 Å². The molecule has 1 saturated carbocycles. The van der Waals surface area contributed by atoms with E-state index in [1.165, 1.54) is 0 Å². The van der Waals surface area contributed by atoms with Gasteiger partial charge in [0.15, 0.2) is 0 Å². The van der Waals surface area contributed by atoms with Crippen molar-refractivity contribution in [3.8, 4) is 0 Å². The number of carboxylic acids is 1. The molecule has 1 N–H and O–H groups in total. The van der Waals surface area contributed by atoms with E-state index in [9.17, 15) is 19.5 Å². The Morgan fingerprint density at radius 3 is 2.48 bits per heavy atom. The van der Waals surface area contributed by atoms with E-state index in [0.717, 1.165) is 31.2 Å². The number of hydrogen-bond acceptors (Lipinski definition) is 4. The van der Waals surface area contributed by atoms with Crippen molar-refractivity contribution in [3.63, 3.8) is 0 Å². The minimum atomic E-state index is -0.912. The molecule has 0 bridgehead atoms. The SMILES string of the molecule is Cc1cncc(C(=O)N2CCC3(CC2)C[C@@H](C(=O)O)N(C(=O)C2CC2)C3)c1. The number of aliphatic carboxylic acids is 1. The first-order chi connectivity index (χ1) is 12.9. The number of rotatable bonds is 3. The van der Waals surface area contributed by atoms with E-state index in [-0.39, 0.29) is 23.1 Å². The van der Waals surface area contributed by atoms with Crippen LogP contribution in [-0.2, 0) is 9.59 Å². The lowest BCUT2D eigenvalue weighted by molar-refractivity contribution is -0.148. The molecule has 2 saturated heterocycles. The fourth-order valence-electron chi connectivity index (χ4n) is 4.47. The van der Waals surface area contributed by atoms with Gasteiger partial charge in [-0.1, -0.05) is 0 Å². The molecule has 2 aliphatic heterocycles. The van der Waals surface area contributed by atoms with Crippen LogP contribution in [0.15, 0.2) is 18.5 Å². The number of hydrogen-bond donors (Lipinski definition) is 1. The second-order valence-electron chi connectivity index (χ2n) is 8.34. The van der Waals surface area contributed by atoms with Crippen LogP contribution in [0.3, 0.4) is 0 Å². The fourth-order valence-corrected chi connectivity index (χ4v) is 4.47. The van der Waals surface area contributed by atoms with Crippen molar-refractivity contribution in [1.29, 1.82) is 0 Å². The lowest BCUT2D eigenvalue weighted by atomic mass is 9.76. The van der Waals surface area contributed by atoms with E-state index in [2.05, 4.69) is 4.98 Å². The Balaban J connectivity index is 1.44. The van der Waals surface area contributed by atoms with Crippen LogP contribution < -0.4 is 0 Å². The van der Waals surface area contributed by atoms with Gasteiger partial charge in [0, 0.05) is 37.9 Å². The summed E-state index contributed by atoms with van der Waals surface area (Å²) in [7, 11) is 0. The highest BCUT2D eigenvalue weighted by molar-refractivity contribution is 5.94. The van der Waals surface area contributed by atoms with E-state index in [4.69, 9.17) is 0 Å².